The van der Waals surface area contributed by atoms with Gasteiger partial charge in [0.05, 0.1) is 13.2 Å². The lowest BCUT2D eigenvalue weighted by atomic mass is 10.0. The smallest absolute Gasteiger partial charge is 0.377 e. The first-order valence-corrected chi connectivity index (χ1v) is 8.68. The van der Waals surface area contributed by atoms with Crippen LogP contribution in [0.15, 0.2) is 16.9 Å². The van der Waals surface area contributed by atoms with E-state index in [1.807, 2.05) is 11.8 Å². The first-order chi connectivity index (χ1) is 11.8. The normalized spacial score (nSPS) is 25.3. The van der Waals surface area contributed by atoms with E-state index in [1.54, 1.807) is 6.07 Å². The molecule has 3 heterocycles. The molecule has 0 aliphatic carbocycles. The van der Waals surface area contributed by atoms with Crippen LogP contribution in [-0.4, -0.2) is 49.1 Å². The van der Waals surface area contributed by atoms with Crippen molar-refractivity contribution in [2.75, 3.05) is 36.1 Å². The number of morpholine rings is 1. The Morgan fingerprint density at radius 1 is 1.16 bits per heavy atom. The van der Waals surface area contributed by atoms with Gasteiger partial charge < -0.3 is 14.5 Å². The zero-order valence-corrected chi connectivity index (χ0v) is 14.6. The van der Waals surface area contributed by atoms with E-state index in [9.17, 15) is 18.0 Å². The summed E-state index contributed by atoms with van der Waals surface area (Å²) in [6.07, 6.45) is -3.00. The highest BCUT2D eigenvalue weighted by Crippen LogP contribution is 2.35. The van der Waals surface area contributed by atoms with Gasteiger partial charge in [0.2, 0.25) is 0 Å². The molecule has 25 heavy (non-hydrogen) atoms. The first kappa shape index (κ1) is 18.1. The molecule has 0 aromatic carbocycles. The Labute approximate surface area is 145 Å². The van der Waals surface area contributed by atoms with E-state index in [0.717, 1.165) is 0 Å². The molecule has 140 valence electrons. The van der Waals surface area contributed by atoms with Gasteiger partial charge in [-0.2, -0.15) is 13.2 Å². The van der Waals surface area contributed by atoms with Gasteiger partial charge in [0.1, 0.15) is 11.9 Å². The number of pyridine rings is 1. The number of nitrogens with zero attached hydrogens (tertiary/aromatic N) is 3. The van der Waals surface area contributed by atoms with Gasteiger partial charge in [-0.05, 0) is 26.2 Å². The number of hydrogen-bond acceptors (Lipinski definition) is 4. The molecule has 2 atom stereocenters. The van der Waals surface area contributed by atoms with Gasteiger partial charge in [-0.3, -0.25) is 9.36 Å². The molecule has 0 radical (unpaired) electrons. The van der Waals surface area contributed by atoms with Crippen molar-refractivity contribution in [1.82, 2.24) is 4.57 Å². The summed E-state index contributed by atoms with van der Waals surface area (Å²) in [7, 11) is 1.53. The van der Waals surface area contributed by atoms with E-state index in [2.05, 4.69) is 0 Å². The Hall–Kier alpha value is -1.70. The monoisotopic (exact) mass is 359 g/mol. The van der Waals surface area contributed by atoms with Gasteiger partial charge in [-0.15, -0.1) is 0 Å². The Bertz CT molecular complexity index is 674. The molecule has 0 unspecified atom stereocenters. The van der Waals surface area contributed by atoms with Crippen LogP contribution in [0, 0.1) is 0 Å². The topological polar surface area (TPSA) is 37.7 Å². The zero-order valence-electron chi connectivity index (χ0n) is 14.6. The van der Waals surface area contributed by atoms with Gasteiger partial charge in [-0.1, -0.05) is 0 Å². The molecular weight excluding hydrogens is 335 g/mol. The zero-order chi connectivity index (χ0) is 18.2. The first-order valence-electron chi connectivity index (χ1n) is 8.68. The van der Waals surface area contributed by atoms with Crippen LogP contribution in [0.4, 0.5) is 24.7 Å². The fraction of sp³-hybridized carbons (Fsp3) is 0.706. The van der Waals surface area contributed by atoms with Crippen LogP contribution in [0.25, 0.3) is 0 Å². The molecule has 8 heteroatoms. The predicted molar refractivity (Wildman–Crippen MR) is 90.4 cm³/mol. The lowest BCUT2D eigenvalue weighted by Gasteiger charge is -2.40. The third-order valence-corrected chi connectivity index (χ3v) is 5.10. The number of halogens is 3. The fourth-order valence-corrected chi connectivity index (χ4v) is 3.71. The molecule has 2 aliphatic heterocycles. The third kappa shape index (κ3) is 3.63. The van der Waals surface area contributed by atoms with E-state index >= 15 is 0 Å². The van der Waals surface area contributed by atoms with Crippen molar-refractivity contribution in [3.63, 3.8) is 0 Å². The van der Waals surface area contributed by atoms with Crippen molar-refractivity contribution in [2.45, 2.75) is 44.4 Å². The Balaban J connectivity index is 2.01. The summed E-state index contributed by atoms with van der Waals surface area (Å²) >= 11 is 0. The molecule has 2 fully saturated rings. The summed E-state index contributed by atoms with van der Waals surface area (Å²) in [4.78, 5) is 15.8. The molecular formula is C17H24F3N3O2. The second kappa shape index (κ2) is 6.90. The van der Waals surface area contributed by atoms with Gasteiger partial charge in [0.15, 0.2) is 0 Å². The van der Waals surface area contributed by atoms with Crippen LogP contribution in [0.5, 0.6) is 0 Å². The molecule has 0 saturated carbocycles. The summed E-state index contributed by atoms with van der Waals surface area (Å²) < 4.78 is 47.1. The quantitative estimate of drug-likeness (QED) is 0.813. The molecule has 0 N–H and O–H groups in total. The van der Waals surface area contributed by atoms with E-state index in [-0.39, 0.29) is 18.0 Å². The lowest BCUT2D eigenvalue weighted by Crippen LogP contribution is -2.50. The van der Waals surface area contributed by atoms with Crippen LogP contribution in [0.2, 0.25) is 0 Å². The molecule has 3 rings (SSSR count). The number of piperidine rings is 1. The van der Waals surface area contributed by atoms with Crippen molar-refractivity contribution < 1.29 is 17.9 Å². The standard InChI is InChI=1S/C17H24F3N3O2/c1-12-11-25-8-7-22(12)13-9-15(21(2)16(24)10-13)23-6-4-3-5-14(23)17(18,19)20/h9-10,12,14H,3-8,11H2,1-2H3/t12-,14-/m1/s1. The highest BCUT2D eigenvalue weighted by Gasteiger charge is 2.45. The molecule has 2 aliphatic rings. The predicted octanol–water partition coefficient (Wildman–Crippen LogP) is 2.53. The Morgan fingerprint density at radius 2 is 1.92 bits per heavy atom. The number of aromatic nitrogens is 1. The van der Waals surface area contributed by atoms with Gasteiger partial charge >= 0.3 is 6.18 Å². The van der Waals surface area contributed by atoms with E-state index in [0.29, 0.717) is 50.7 Å². The average Bonchev–Trinajstić information content (AvgIpc) is 2.57. The van der Waals surface area contributed by atoms with Crippen molar-refractivity contribution in [3.05, 3.63) is 22.5 Å². The van der Waals surface area contributed by atoms with Gasteiger partial charge in [-0.25, -0.2) is 0 Å². The molecule has 5 nitrogen and oxygen atoms in total. The SMILES string of the molecule is C[C@@H]1COCCN1c1cc(N2CCCC[C@@H]2C(F)(F)F)n(C)c(=O)c1. The van der Waals surface area contributed by atoms with E-state index in [1.165, 1.54) is 22.6 Å². The Kier molecular flexibility index (Phi) is 4.99. The third-order valence-electron chi connectivity index (χ3n) is 5.10. The number of alkyl halides is 3. The number of hydrogen-bond donors (Lipinski definition) is 0. The number of anilines is 2. The van der Waals surface area contributed by atoms with Crippen molar-refractivity contribution in [1.29, 1.82) is 0 Å². The van der Waals surface area contributed by atoms with Crippen LogP contribution in [0.1, 0.15) is 26.2 Å². The second-order valence-electron chi connectivity index (χ2n) is 6.83. The highest BCUT2D eigenvalue weighted by molar-refractivity contribution is 5.57. The molecule has 0 bridgehead atoms. The molecule has 2 saturated heterocycles. The average molecular weight is 359 g/mol. The van der Waals surface area contributed by atoms with Crippen LogP contribution >= 0.6 is 0 Å². The van der Waals surface area contributed by atoms with Crippen LogP contribution in [0.3, 0.4) is 0 Å². The van der Waals surface area contributed by atoms with Crippen molar-refractivity contribution in [2.24, 2.45) is 7.05 Å². The van der Waals surface area contributed by atoms with E-state index < -0.39 is 12.2 Å². The Morgan fingerprint density at radius 3 is 2.60 bits per heavy atom. The number of rotatable bonds is 2. The largest absolute Gasteiger partial charge is 0.408 e. The summed E-state index contributed by atoms with van der Waals surface area (Å²) in [6, 6.07) is 1.75. The second-order valence-corrected chi connectivity index (χ2v) is 6.83. The lowest BCUT2D eigenvalue weighted by molar-refractivity contribution is -0.152. The summed E-state index contributed by atoms with van der Waals surface area (Å²) in [5.41, 5.74) is 0.373. The molecule has 1 aromatic heterocycles. The fourth-order valence-electron chi connectivity index (χ4n) is 3.71. The van der Waals surface area contributed by atoms with E-state index in [4.69, 9.17) is 4.74 Å². The maximum absolute atomic E-state index is 13.5. The molecule has 0 spiro atoms. The van der Waals surface area contributed by atoms with Gasteiger partial charge in [0, 0.05) is 44.0 Å². The van der Waals surface area contributed by atoms with Crippen molar-refractivity contribution in [3.8, 4) is 0 Å². The summed E-state index contributed by atoms with van der Waals surface area (Å²) in [6.45, 7) is 4.00. The number of ether oxygens (including phenoxy) is 1. The maximum Gasteiger partial charge on any atom is 0.408 e. The minimum atomic E-state index is -4.31. The van der Waals surface area contributed by atoms with Gasteiger partial charge in [0.25, 0.3) is 5.56 Å². The van der Waals surface area contributed by atoms with Crippen LogP contribution < -0.4 is 15.4 Å². The molecule has 1 aromatic rings. The minimum absolute atomic E-state index is 0.0654. The summed E-state index contributed by atoms with van der Waals surface area (Å²) in [5.74, 6) is 0.336. The molecule has 0 amide bonds. The van der Waals surface area contributed by atoms with Crippen LogP contribution in [-0.2, 0) is 11.8 Å². The highest BCUT2D eigenvalue weighted by atomic mass is 19.4. The summed E-state index contributed by atoms with van der Waals surface area (Å²) in [5, 5.41) is 0. The van der Waals surface area contributed by atoms with Crippen molar-refractivity contribution >= 4 is 11.5 Å². The maximum atomic E-state index is 13.5. The minimum Gasteiger partial charge on any atom is -0.377 e.